The molecule has 5 rings (SSSR count). The van der Waals surface area contributed by atoms with Crippen molar-refractivity contribution in [3.63, 3.8) is 0 Å². The van der Waals surface area contributed by atoms with E-state index in [1.165, 1.54) is 35.2 Å². The average molecular weight is 578 g/mol. The lowest BCUT2D eigenvalue weighted by Gasteiger charge is -2.40. The van der Waals surface area contributed by atoms with E-state index in [2.05, 4.69) is 21.5 Å². The molecular formula is C29H29ClFN7O3. The van der Waals surface area contributed by atoms with Gasteiger partial charge in [-0.05, 0) is 44.0 Å². The van der Waals surface area contributed by atoms with E-state index >= 15 is 4.39 Å². The van der Waals surface area contributed by atoms with Gasteiger partial charge in [0.1, 0.15) is 23.7 Å². The van der Waals surface area contributed by atoms with Crippen LogP contribution in [0.5, 0.6) is 5.75 Å². The number of aryl methyl sites for hydroxylation is 2. The van der Waals surface area contributed by atoms with Crippen molar-refractivity contribution in [2.24, 2.45) is 0 Å². The highest BCUT2D eigenvalue weighted by atomic mass is 35.5. The van der Waals surface area contributed by atoms with Crippen LogP contribution in [0, 0.1) is 5.82 Å². The normalized spacial score (nSPS) is 15.4. The first-order valence-electron chi connectivity index (χ1n) is 13.3. The van der Waals surface area contributed by atoms with Gasteiger partial charge in [0, 0.05) is 25.7 Å². The van der Waals surface area contributed by atoms with Gasteiger partial charge in [-0.3, -0.25) is 4.79 Å². The number of carbonyl (C=O) groups is 1. The van der Waals surface area contributed by atoms with Crippen molar-refractivity contribution in [2.45, 2.75) is 39.7 Å². The first-order valence-corrected chi connectivity index (χ1v) is 13.7. The van der Waals surface area contributed by atoms with Crippen LogP contribution >= 0.6 is 11.6 Å². The van der Waals surface area contributed by atoms with Crippen LogP contribution in [-0.2, 0) is 17.6 Å². The van der Waals surface area contributed by atoms with Gasteiger partial charge in [0.25, 0.3) is 0 Å². The first kappa shape index (κ1) is 28.2. The molecule has 41 heavy (non-hydrogen) atoms. The van der Waals surface area contributed by atoms with Gasteiger partial charge >= 0.3 is 5.69 Å². The molecule has 1 amide bonds. The van der Waals surface area contributed by atoms with Gasteiger partial charge in [0.15, 0.2) is 5.65 Å². The van der Waals surface area contributed by atoms with Crippen LogP contribution < -0.4 is 10.6 Å². The first-order chi connectivity index (χ1) is 19.7. The Labute approximate surface area is 240 Å². The summed E-state index contributed by atoms with van der Waals surface area (Å²) in [6, 6.07) is 5.29. The average Bonchev–Trinajstić information content (AvgIpc) is 2.96. The van der Waals surface area contributed by atoms with Crippen LogP contribution in [0.4, 0.5) is 10.2 Å². The van der Waals surface area contributed by atoms with Crippen molar-refractivity contribution >= 4 is 34.4 Å². The maximum absolute atomic E-state index is 15.0. The Morgan fingerprint density at radius 2 is 1.90 bits per heavy atom. The molecule has 10 nitrogen and oxygen atoms in total. The highest BCUT2D eigenvalue weighted by molar-refractivity contribution is 6.34. The number of hydrogen-bond donors (Lipinski definition) is 1. The number of aromatic nitrogens is 5. The number of amides is 1. The van der Waals surface area contributed by atoms with Crippen molar-refractivity contribution in [3.05, 3.63) is 76.0 Å². The van der Waals surface area contributed by atoms with E-state index < -0.39 is 11.5 Å². The third-order valence-corrected chi connectivity index (χ3v) is 7.57. The molecule has 1 fully saturated rings. The van der Waals surface area contributed by atoms with Gasteiger partial charge in [0.2, 0.25) is 5.91 Å². The Hall–Kier alpha value is -4.38. The van der Waals surface area contributed by atoms with Crippen molar-refractivity contribution in [1.29, 1.82) is 0 Å². The third kappa shape index (κ3) is 4.90. The van der Waals surface area contributed by atoms with Crippen LogP contribution in [0.2, 0.25) is 5.02 Å². The molecule has 0 unspecified atom stereocenters. The van der Waals surface area contributed by atoms with Gasteiger partial charge in [-0.1, -0.05) is 38.1 Å². The maximum atomic E-state index is 15.0. The number of hydrogen-bond acceptors (Lipinski definition) is 8. The zero-order chi connectivity index (χ0) is 29.4. The second-order valence-electron chi connectivity index (χ2n) is 9.73. The number of phenolic OH excluding ortho intramolecular Hbond substituents is 1. The Kier molecular flexibility index (Phi) is 7.72. The lowest BCUT2D eigenvalue weighted by molar-refractivity contribution is -0.126. The molecule has 3 aromatic heterocycles. The van der Waals surface area contributed by atoms with Crippen LogP contribution in [0.3, 0.4) is 0 Å². The number of benzene rings is 1. The van der Waals surface area contributed by atoms with E-state index in [9.17, 15) is 14.7 Å². The quantitative estimate of drug-likeness (QED) is 0.341. The Balaban J connectivity index is 1.83. The minimum atomic E-state index is -0.718. The van der Waals surface area contributed by atoms with Crippen LogP contribution in [0.1, 0.15) is 32.2 Å². The van der Waals surface area contributed by atoms with Crippen molar-refractivity contribution in [1.82, 2.24) is 29.4 Å². The summed E-state index contributed by atoms with van der Waals surface area (Å²) < 4.78 is 16.3. The molecule has 1 N–H and O–H groups in total. The summed E-state index contributed by atoms with van der Waals surface area (Å²) in [4.78, 5) is 47.8. The molecule has 0 saturated carbocycles. The minimum Gasteiger partial charge on any atom is -0.507 e. The van der Waals surface area contributed by atoms with E-state index in [0.717, 1.165) is 0 Å². The fourth-order valence-corrected chi connectivity index (χ4v) is 5.53. The van der Waals surface area contributed by atoms with Crippen LogP contribution in [0.15, 0.2) is 48.0 Å². The summed E-state index contributed by atoms with van der Waals surface area (Å²) in [5, 5.41) is 11.0. The van der Waals surface area contributed by atoms with Gasteiger partial charge in [-0.15, -0.1) is 0 Å². The standard InChI is InChI=1S/C29H29ClFN7O3/c1-5-20-26(21(6-2)33-15-32-20)38-28-17(13-18(30)25(34-28)24-19(31)9-8-10-22(24)39)27(35-29(38)41)37-12-11-36(14-16(37)4)23(40)7-3/h7-10,13,15-16,39H,3,5-6,11-12,14H2,1-2,4H3/t16-/m0/s1. The van der Waals surface area contributed by atoms with Gasteiger partial charge in [-0.25, -0.2) is 28.7 Å². The second-order valence-corrected chi connectivity index (χ2v) is 10.1. The molecule has 1 aliphatic rings. The zero-order valence-electron chi connectivity index (χ0n) is 22.9. The number of carbonyl (C=O) groups excluding carboxylic acids is 1. The zero-order valence-corrected chi connectivity index (χ0v) is 23.7. The molecule has 0 bridgehead atoms. The minimum absolute atomic E-state index is 0.0255. The van der Waals surface area contributed by atoms with Gasteiger partial charge < -0.3 is 14.9 Å². The number of nitrogens with zero attached hydrogens (tertiary/aromatic N) is 7. The number of anilines is 1. The third-order valence-electron chi connectivity index (χ3n) is 7.28. The number of phenols is 1. The Morgan fingerprint density at radius 3 is 2.51 bits per heavy atom. The number of halogens is 2. The molecule has 1 aliphatic heterocycles. The van der Waals surface area contributed by atoms with Gasteiger partial charge in [0.05, 0.1) is 38.7 Å². The molecule has 4 heterocycles. The molecule has 0 spiro atoms. The predicted molar refractivity (Wildman–Crippen MR) is 155 cm³/mol. The van der Waals surface area contributed by atoms with Crippen molar-refractivity contribution in [3.8, 4) is 22.7 Å². The smallest absolute Gasteiger partial charge is 0.355 e. The molecule has 12 heteroatoms. The van der Waals surface area contributed by atoms with E-state index in [4.69, 9.17) is 16.6 Å². The molecule has 0 aliphatic carbocycles. The Bertz CT molecular complexity index is 1700. The van der Waals surface area contributed by atoms with Crippen LogP contribution in [-0.4, -0.2) is 66.1 Å². The lowest BCUT2D eigenvalue weighted by atomic mass is 10.1. The highest BCUT2D eigenvalue weighted by Crippen LogP contribution is 2.38. The summed E-state index contributed by atoms with van der Waals surface area (Å²) in [6.45, 7) is 10.5. The topological polar surface area (TPSA) is 117 Å². The van der Waals surface area contributed by atoms with Gasteiger partial charge in [-0.2, -0.15) is 4.98 Å². The van der Waals surface area contributed by atoms with E-state index in [0.29, 0.717) is 60.8 Å². The number of aromatic hydroxyl groups is 1. The summed E-state index contributed by atoms with van der Waals surface area (Å²) in [6.07, 6.45) is 3.74. The fraction of sp³-hybridized carbons (Fsp3) is 0.310. The largest absolute Gasteiger partial charge is 0.507 e. The molecule has 1 saturated heterocycles. The fourth-order valence-electron chi connectivity index (χ4n) is 5.28. The van der Waals surface area contributed by atoms with E-state index in [1.807, 2.05) is 25.7 Å². The SMILES string of the molecule is C=CC(=O)N1CCN(c2nc(=O)n(-c3c(CC)ncnc3CC)c3nc(-c4c(O)cccc4F)c(Cl)cc23)[C@@H](C)C1. The summed E-state index contributed by atoms with van der Waals surface area (Å²) in [7, 11) is 0. The number of fused-ring (bicyclic) bond motifs is 1. The molecule has 1 aromatic carbocycles. The molecular weight excluding hydrogens is 549 g/mol. The van der Waals surface area contributed by atoms with Crippen LogP contribution in [0.25, 0.3) is 28.0 Å². The van der Waals surface area contributed by atoms with Crippen molar-refractivity contribution < 1.29 is 14.3 Å². The molecule has 0 radical (unpaired) electrons. The highest BCUT2D eigenvalue weighted by Gasteiger charge is 2.30. The number of pyridine rings is 1. The van der Waals surface area contributed by atoms with E-state index in [1.54, 1.807) is 11.0 Å². The number of rotatable bonds is 6. The monoisotopic (exact) mass is 577 g/mol. The molecule has 212 valence electrons. The second kappa shape index (κ2) is 11.2. The maximum Gasteiger partial charge on any atom is 0.355 e. The molecule has 4 aromatic rings. The summed E-state index contributed by atoms with van der Waals surface area (Å²) in [5.74, 6) is -0.895. The lowest BCUT2D eigenvalue weighted by Crippen LogP contribution is -2.54. The summed E-state index contributed by atoms with van der Waals surface area (Å²) in [5.41, 5.74) is 1.03. The summed E-state index contributed by atoms with van der Waals surface area (Å²) >= 11 is 6.71. The molecule has 1 atom stereocenters. The Morgan fingerprint density at radius 1 is 1.20 bits per heavy atom. The predicted octanol–water partition coefficient (Wildman–Crippen LogP) is 4.08. The number of piperazine rings is 1. The van der Waals surface area contributed by atoms with E-state index in [-0.39, 0.29) is 39.6 Å². The van der Waals surface area contributed by atoms with Crippen molar-refractivity contribution in [2.75, 3.05) is 24.5 Å².